The van der Waals surface area contributed by atoms with Crippen molar-refractivity contribution in [2.75, 3.05) is 31.1 Å². The molecule has 1 unspecified atom stereocenters. The highest BCUT2D eigenvalue weighted by atomic mass is 32.1. The molecule has 1 aromatic carbocycles. The minimum absolute atomic E-state index is 0.0171. The molecule has 6 heteroatoms. The Balaban J connectivity index is 1.46. The zero-order valence-electron chi connectivity index (χ0n) is 15.3. The number of nitrogens with one attached hydrogen (secondary N) is 1. The average molecular weight is 374 g/mol. The Hall–Kier alpha value is -2.08. The van der Waals surface area contributed by atoms with Crippen molar-refractivity contribution in [2.45, 2.75) is 32.6 Å². The molecule has 1 aromatic heterocycles. The normalized spacial score (nSPS) is 17.1. The first kappa shape index (κ1) is 18.7. The quantitative estimate of drug-likeness (QED) is 0.712. The molecular weight excluding hydrogens is 346 g/mol. The lowest BCUT2D eigenvalue weighted by Gasteiger charge is -2.32. The third-order valence-electron chi connectivity index (χ3n) is 4.64. The van der Waals surface area contributed by atoms with Crippen molar-refractivity contribution in [1.29, 1.82) is 0 Å². The topological polar surface area (TPSA) is 54.5 Å². The summed E-state index contributed by atoms with van der Waals surface area (Å²) in [7, 11) is 0. The van der Waals surface area contributed by atoms with E-state index in [-0.39, 0.29) is 5.91 Å². The predicted molar refractivity (Wildman–Crippen MR) is 106 cm³/mol. The molecule has 2 heterocycles. The zero-order valence-corrected chi connectivity index (χ0v) is 16.1. The molecule has 0 radical (unpaired) electrons. The number of piperidine rings is 1. The lowest BCUT2D eigenvalue weighted by atomic mass is 9.98. The van der Waals surface area contributed by atoms with Crippen LogP contribution in [0.15, 0.2) is 35.8 Å². The fourth-order valence-corrected chi connectivity index (χ4v) is 3.83. The maximum absolute atomic E-state index is 12.4. The van der Waals surface area contributed by atoms with E-state index in [0.717, 1.165) is 56.3 Å². The van der Waals surface area contributed by atoms with Gasteiger partial charge in [-0.05, 0) is 49.4 Å². The maximum atomic E-state index is 12.4. The van der Waals surface area contributed by atoms with Gasteiger partial charge in [-0.2, -0.15) is 0 Å². The number of nitrogens with zero attached hydrogens (tertiary/aromatic N) is 2. The van der Waals surface area contributed by atoms with E-state index in [1.54, 1.807) is 11.3 Å². The van der Waals surface area contributed by atoms with E-state index in [4.69, 9.17) is 4.74 Å². The highest BCUT2D eigenvalue weighted by Gasteiger charge is 2.22. The van der Waals surface area contributed by atoms with Crippen LogP contribution >= 0.6 is 11.3 Å². The van der Waals surface area contributed by atoms with Crippen molar-refractivity contribution in [1.82, 2.24) is 10.3 Å². The van der Waals surface area contributed by atoms with Crippen molar-refractivity contribution in [3.63, 3.8) is 0 Å². The molecule has 1 N–H and O–H groups in total. The Morgan fingerprint density at radius 3 is 2.96 bits per heavy atom. The first-order valence-electron chi connectivity index (χ1n) is 9.41. The van der Waals surface area contributed by atoms with Crippen LogP contribution in [0.1, 0.15) is 43.0 Å². The number of rotatable bonds is 8. The number of ether oxygens (including phenoxy) is 1. The number of anilines is 1. The molecule has 0 bridgehead atoms. The summed E-state index contributed by atoms with van der Waals surface area (Å²) in [5.41, 5.74) is 0.681. The summed E-state index contributed by atoms with van der Waals surface area (Å²) < 4.78 is 5.64. The van der Waals surface area contributed by atoms with Crippen LogP contribution in [0.25, 0.3) is 0 Å². The van der Waals surface area contributed by atoms with Crippen LogP contribution in [-0.4, -0.2) is 37.1 Å². The predicted octanol–water partition coefficient (Wildman–Crippen LogP) is 3.97. The van der Waals surface area contributed by atoms with Gasteiger partial charge < -0.3 is 15.0 Å². The van der Waals surface area contributed by atoms with E-state index in [0.29, 0.717) is 18.0 Å². The number of unbranched alkanes of at least 4 members (excludes halogenated alkanes) is 1. The van der Waals surface area contributed by atoms with Gasteiger partial charge in [0.25, 0.3) is 5.91 Å². The molecule has 1 aliphatic rings. The number of amides is 1. The van der Waals surface area contributed by atoms with Gasteiger partial charge in [-0.1, -0.05) is 13.3 Å². The zero-order chi connectivity index (χ0) is 18.2. The second-order valence-electron chi connectivity index (χ2n) is 6.71. The lowest BCUT2D eigenvalue weighted by Crippen LogP contribution is -2.41. The van der Waals surface area contributed by atoms with Gasteiger partial charge in [0.1, 0.15) is 5.75 Å². The third-order valence-corrected chi connectivity index (χ3v) is 5.48. The SMILES string of the molecule is CCCCOc1ccc(C(=O)NCC2CCCN(c3nccs3)C2)cc1. The highest BCUT2D eigenvalue weighted by molar-refractivity contribution is 7.13. The summed E-state index contributed by atoms with van der Waals surface area (Å²) >= 11 is 1.68. The molecular formula is C20H27N3O2S. The summed E-state index contributed by atoms with van der Waals surface area (Å²) in [4.78, 5) is 19.1. The molecule has 1 atom stereocenters. The van der Waals surface area contributed by atoms with E-state index >= 15 is 0 Å². The number of hydrogen-bond acceptors (Lipinski definition) is 5. The molecule has 3 rings (SSSR count). The molecule has 1 amide bonds. The van der Waals surface area contributed by atoms with Gasteiger partial charge in [-0.15, -0.1) is 11.3 Å². The maximum Gasteiger partial charge on any atom is 0.251 e. The lowest BCUT2D eigenvalue weighted by molar-refractivity contribution is 0.0945. The number of thiazole rings is 1. The first-order valence-corrected chi connectivity index (χ1v) is 10.3. The van der Waals surface area contributed by atoms with Crippen molar-refractivity contribution in [2.24, 2.45) is 5.92 Å². The van der Waals surface area contributed by atoms with Crippen molar-refractivity contribution < 1.29 is 9.53 Å². The van der Waals surface area contributed by atoms with Gasteiger partial charge in [-0.3, -0.25) is 4.79 Å². The van der Waals surface area contributed by atoms with Crippen LogP contribution in [0.5, 0.6) is 5.75 Å². The van der Waals surface area contributed by atoms with Gasteiger partial charge in [0.2, 0.25) is 0 Å². The molecule has 140 valence electrons. The van der Waals surface area contributed by atoms with Gasteiger partial charge in [-0.25, -0.2) is 4.98 Å². The fraction of sp³-hybridized carbons (Fsp3) is 0.500. The van der Waals surface area contributed by atoms with Crippen LogP contribution < -0.4 is 15.0 Å². The molecule has 2 aromatic rings. The van der Waals surface area contributed by atoms with Crippen molar-refractivity contribution in [3.05, 3.63) is 41.4 Å². The molecule has 1 fully saturated rings. The first-order chi connectivity index (χ1) is 12.8. The fourth-order valence-electron chi connectivity index (χ4n) is 3.15. The minimum Gasteiger partial charge on any atom is -0.494 e. The minimum atomic E-state index is -0.0171. The highest BCUT2D eigenvalue weighted by Crippen LogP contribution is 2.24. The summed E-state index contributed by atoms with van der Waals surface area (Å²) in [5.74, 6) is 1.27. The molecule has 1 aliphatic heterocycles. The van der Waals surface area contributed by atoms with E-state index in [9.17, 15) is 4.79 Å². The Morgan fingerprint density at radius 1 is 1.38 bits per heavy atom. The summed E-state index contributed by atoms with van der Waals surface area (Å²) in [5, 5.41) is 6.18. The van der Waals surface area contributed by atoms with E-state index in [1.807, 2.05) is 35.8 Å². The number of carbonyl (C=O) groups is 1. The van der Waals surface area contributed by atoms with E-state index in [1.165, 1.54) is 0 Å². The summed E-state index contributed by atoms with van der Waals surface area (Å²) in [6.07, 6.45) is 6.29. The third kappa shape index (κ3) is 5.21. The van der Waals surface area contributed by atoms with Crippen molar-refractivity contribution in [3.8, 4) is 5.75 Å². The van der Waals surface area contributed by atoms with E-state index in [2.05, 4.69) is 22.1 Å². The van der Waals surface area contributed by atoms with Crippen LogP contribution in [0.4, 0.5) is 5.13 Å². The number of hydrogen-bond donors (Lipinski definition) is 1. The second kappa shape index (κ2) is 9.57. The van der Waals surface area contributed by atoms with Crippen LogP contribution in [0.3, 0.4) is 0 Å². The molecule has 26 heavy (non-hydrogen) atoms. The molecule has 0 aliphatic carbocycles. The number of carbonyl (C=O) groups excluding carboxylic acids is 1. The van der Waals surface area contributed by atoms with Gasteiger partial charge in [0, 0.05) is 36.8 Å². The van der Waals surface area contributed by atoms with Crippen molar-refractivity contribution >= 4 is 22.4 Å². The number of benzene rings is 1. The molecule has 5 nitrogen and oxygen atoms in total. The second-order valence-corrected chi connectivity index (χ2v) is 7.58. The summed E-state index contributed by atoms with van der Waals surface area (Å²) in [6, 6.07) is 7.41. The van der Waals surface area contributed by atoms with Gasteiger partial charge in [0.15, 0.2) is 5.13 Å². The standard InChI is InChI=1S/C20H27N3O2S/c1-2-3-12-25-18-8-6-17(7-9-18)19(24)22-14-16-5-4-11-23(15-16)20-21-10-13-26-20/h6-10,13,16H,2-5,11-12,14-15H2,1H3,(H,22,24). The van der Waals surface area contributed by atoms with E-state index < -0.39 is 0 Å². The molecule has 1 saturated heterocycles. The van der Waals surface area contributed by atoms with Gasteiger partial charge >= 0.3 is 0 Å². The average Bonchev–Trinajstić information content (AvgIpc) is 3.22. The molecule has 0 spiro atoms. The Morgan fingerprint density at radius 2 is 2.23 bits per heavy atom. The molecule has 0 saturated carbocycles. The number of aromatic nitrogens is 1. The van der Waals surface area contributed by atoms with Crippen LogP contribution in [0.2, 0.25) is 0 Å². The monoisotopic (exact) mass is 373 g/mol. The smallest absolute Gasteiger partial charge is 0.251 e. The Kier molecular flexibility index (Phi) is 6.89. The summed E-state index contributed by atoms with van der Waals surface area (Å²) in [6.45, 7) is 5.57. The Bertz CT molecular complexity index is 673. The van der Waals surface area contributed by atoms with Gasteiger partial charge in [0.05, 0.1) is 6.61 Å². The largest absolute Gasteiger partial charge is 0.494 e. The van der Waals surface area contributed by atoms with Crippen LogP contribution in [-0.2, 0) is 0 Å². The Labute approximate surface area is 159 Å². The van der Waals surface area contributed by atoms with Crippen LogP contribution in [0, 0.1) is 5.92 Å².